The van der Waals surface area contributed by atoms with Gasteiger partial charge in [0.2, 0.25) is 0 Å². The van der Waals surface area contributed by atoms with E-state index < -0.39 is 0 Å². The number of rotatable bonds is 4. The van der Waals surface area contributed by atoms with Crippen molar-refractivity contribution in [2.75, 3.05) is 7.05 Å². The van der Waals surface area contributed by atoms with Crippen LogP contribution in [0.1, 0.15) is 42.0 Å². The number of nitrogens with one attached hydrogen (secondary N) is 1. The predicted octanol–water partition coefficient (Wildman–Crippen LogP) is 4.13. The number of hydrogen-bond donors (Lipinski definition) is 1. The lowest BCUT2D eigenvalue weighted by atomic mass is 9.95. The summed E-state index contributed by atoms with van der Waals surface area (Å²) in [6.07, 6.45) is 4.14. The van der Waals surface area contributed by atoms with Crippen molar-refractivity contribution < 1.29 is 0 Å². The molecule has 0 amide bonds. The topological polar surface area (TPSA) is 12.0 Å². The van der Waals surface area contributed by atoms with E-state index in [9.17, 15) is 0 Å². The van der Waals surface area contributed by atoms with Gasteiger partial charge < -0.3 is 5.32 Å². The normalized spacial score (nSPS) is 17.5. The summed E-state index contributed by atoms with van der Waals surface area (Å²) in [7, 11) is 2.07. The molecule has 0 aliphatic heterocycles. The monoisotopic (exact) mass is 281 g/mol. The molecule has 1 unspecified atom stereocenters. The number of benzene rings is 1. The van der Waals surface area contributed by atoms with E-state index in [0.29, 0.717) is 6.04 Å². The second-order valence-electron chi connectivity index (χ2n) is 4.98. The van der Waals surface area contributed by atoms with Gasteiger partial charge in [0.1, 0.15) is 0 Å². The first-order valence-corrected chi connectivity index (χ1v) is 6.85. The maximum absolute atomic E-state index is 3.59. The molecule has 0 bridgehead atoms. The van der Waals surface area contributed by atoms with Crippen LogP contribution in [0, 0.1) is 19.8 Å². The largest absolute Gasteiger partial charge is 0.313 e. The molecule has 1 saturated carbocycles. The van der Waals surface area contributed by atoms with E-state index in [2.05, 4.69) is 54.3 Å². The number of aryl methyl sites for hydroxylation is 2. The fraction of sp³-hybridized carbons (Fsp3) is 0.571. The Hall–Kier alpha value is -0.340. The molecule has 0 aromatic heterocycles. The lowest BCUT2D eigenvalue weighted by Gasteiger charge is -2.20. The van der Waals surface area contributed by atoms with Gasteiger partial charge in [-0.05, 0) is 56.0 Å². The smallest absolute Gasteiger partial charge is 0.0322 e. The minimum atomic E-state index is 0.527. The number of halogens is 1. The van der Waals surface area contributed by atoms with Crippen LogP contribution in [0.3, 0.4) is 0 Å². The first-order chi connectivity index (χ1) is 7.61. The SMILES string of the molecule is CNC(CC1CC1)c1cc(C)c(Br)cc1C. The van der Waals surface area contributed by atoms with E-state index in [1.165, 1.54) is 40.4 Å². The van der Waals surface area contributed by atoms with Crippen LogP contribution >= 0.6 is 15.9 Å². The molecular formula is C14H20BrN. The Kier molecular flexibility index (Phi) is 3.70. The molecule has 2 rings (SSSR count). The van der Waals surface area contributed by atoms with Gasteiger partial charge in [-0.15, -0.1) is 0 Å². The van der Waals surface area contributed by atoms with Gasteiger partial charge in [0.25, 0.3) is 0 Å². The zero-order chi connectivity index (χ0) is 11.7. The summed E-state index contributed by atoms with van der Waals surface area (Å²) < 4.78 is 1.22. The fourth-order valence-corrected chi connectivity index (χ4v) is 2.72. The zero-order valence-corrected chi connectivity index (χ0v) is 11.9. The van der Waals surface area contributed by atoms with Gasteiger partial charge in [0, 0.05) is 10.5 Å². The Morgan fingerprint density at radius 2 is 2.00 bits per heavy atom. The van der Waals surface area contributed by atoms with Crippen molar-refractivity contribution in [3.8, 4) is 0 Å². The molecule has 1 N–H and O–H groups in total. The van der Waals surface area contributed by atoms with Crippen LogP contribution in [0.15, 0.2) is 16.6 Å². The van der Waals surface area contributed by atoms with Crippen LogP contribution in [0.4, 0.5) is 0 Å². The van der Waals surface area contributed by atoms with Crippen LogP contribution < -0.4 is 5.32 Å². The van der Waals surface area contributed by atoms with E-state index in [-0.39, 0.29) is 0 Å². The minimum absolute atomic E-state index is 0.527. The standard InChI is InChI=1S/C14H20BrN/c1-9-7-13(15)10(2)6-12(9)14(16-3)8-11-4-5-11/h6-7,11,14,16H,4-5,8H2,1-3H3. The zero-order valence-electron chi connectivity index (χ0n) is 10.3. The second-order valence-corrected chi connectivity index (χ2v) is 5.83. The summed E-state index contributed by atoms with van der Waals surface area (Å²) in [5.41, 5.74) is 4.18. The van der Waals surface area contributed by atoms with Gasteiger partial charge in [-0.2, -0.15) is 0 Å². The first kappa shape index (κ1) is 12.1. The van der Waals surface area contributed by atoms with Crippen molar-refractivity contribution in [3.05, 3.63) is 33.3 Å². The number of hydrogen-bond acceptors (Lipinski definition) is 1. The Morgan fingerprint density at radius 1 is 1.31 bits per heavy atom. The third-order valence-electron chi connectivity index (χ3n) is 3.54. The van der Waals surface area contributed by atoms with Crippen molar-refractivity contribution in [1.29, 1.82) is 0 Å². The first-order valence-electron chi connectivity index (χ1n) is 6.05. The van der Waals surface area contributed by atoms with E-state index in [0.717, 1.165) is 5.92 Å². The molecule has 1 aliphatic carbocycles. The highest BCUT2D eigenvalue weighted by Crippen LogP contribution is 2.38. The fourth-order valence-electron chi connectivity index (χ4n) is 2.27. The third-order valence-corrected chi connectivity index (χ3v) is 4.39. The Bertz CT molecular complexity index is 383. The summed E-state index contributed by atoms with van der Waals surface area (Å²) in [6, 6.07) is 5.09. The average molecular weight is 282 g/mol. The van der Waals surface area contributed by atoms with E-state index >= 15 is 0 Å². The molecule has 1 atom stereocenters. The van der Waals surface area contributed by atoms with Crippen molar-refractivity contribution in [1.82, 2.24) is 5.32 Å². The molecule has 1 aliphatic rings. The summed E-state index contributed by atoms with van der Waals surface area (Å²) in [5, 5.41) is 3.46. The maximum Gasteiger partial charge on any atom is 0.0322 e. The van der Waals surface area contributed by atoms with E-state index in [1.54, 1.807) is 0 Å². The van der Waals surface area contributed by atoms with Crippen molar-refractivity contribution >= 4 is 15.9 Å². The van der Waals surface area contributed by atoms with Crippen LogP contribution in [0.2, 0.25) is 0 Å². The Balaban J connectivity index is 2.25. The predicted molar refractivity (Wildman–Crippen MR) is 72.8 cm³/mol. The quantitative estimate of drug-likeness (QED) is 0.875. The summed E-state index contributed by atoms with van der Waals surface area (Å²) in [6.45, 7) is 4.37. The van der Waals surface area contributed by atoms with Crippen LogP contribution in [0.25, 0.3) is 0 Å². The van der Waals surface area contributed by atoms with Gasteiger partial charge in [-0.1, -0.05) is 34.8 Å². The Morgan fingerprint density at radius 3 is 2.56 bits per heavy atom. The lowest BCUT2D eigenvalue weighted by molar-refractivity contribution is 0.512. The maximum atomic E-state index is 3.59. The summed E-state index contributed by atoms with van der Waals surface area (Å²) in [5.74, 6) is 0.959. The molecule has 1 aromatic carbocycles. The van der Waals surface area contributed by atoms with E-state index in [1.807, 2.05) is 0 Å². The molecule has 0 saturated heterocycles. The molecule has 1 fully saturated rings. The van der Waals surface area contributed by atoms with Crippen LogP contribution in [-0.4, -0.2) is 7.05 Å². The highest BCUT2D eigenvalue weighted by molar-refractivity contribution is 9.10. The molecule has 0 heterocycles. The third kappa shape index (κ3) is 2.67. The van der Waals surface area contributed by atoms with Gasteiger partial charge in [-0.3, -0.25) is 0 Å². The van der Waals surface area contributed by atoms with E-state index in [4.69, 9.17) is 0 Å². The van der Waals surface area contributed by atoms with Crippen LogP contribution in [-0.2, 0) is 0 Å². The summed E-state index contributed by atoms with van der Waals surface area (Å²) in [4.78, 5) is 0. The molecule has 16 heavy (non-hydrogen) atoms. The molecule has 1 nitrogen and oxygen atoms in total. The van der Waals surface area contributed by atoms with Crippen molar-refractivity contribution in [2.24, 2.45) is 5.92 Å². The molecule has 0 spiro atoms. The molecule has 0 radical (unpaired) electrons. The lowest BCUT2D eigenvalue weighted by Crippen LogP contribution is -2.18. The average Bonchev–Trinajstić information content (AvgIpc) is 3.04. The van der Waals surface area contributed by atoms with Gasteiger partial charge in [0.15, 0.2) is 0 Å². The Labute approximate surface area is 107 Å². The van der Waals surface area contributed by atoms with Gasteiger partial charge in [-0.25, -0.2) is 0 Å². The molecule has 88 valence electrons. The van der Waals surface area contributed by atoms with Gasteiger partial charge >= 0.3 is 0 Å². The highest BCUT2D eigenvalue weighted by atomic mass is 79.9. The van der Waals surface area contributed by atoms with Crippen molar-refractivity contribution in [3.63, 3.8) is 0 Å². The summed E-state index contributed by atoms with van der Waals surface area (Å²) >= 11 is 3.59. The second kappa shape index (κ2) is 4.89. The van der Waals surface area contributed by atoms with Crippen molar-refractivity contribution in [2.45, 2.75) is 39.2 Å². The highest BCUT2D eigenvalue weighted by Gasteiger charge is 2.26. The minimum Gasteiger partial charge on any atom is -0.313 e. The molecule has 2 heteroatoms. The molecule has 1 aromatic rings. The van der Waals surface area contributed by atoms with Crippen LogP contribution in [0.5, 0.6) is 0 Å². The van der Waals surface area contributed by atoms with Gasteiger partial charge in [0.05, 0.1) is 0 Å². The molecular weight excluding hydrogens is 262 g/mol.